The Bertz CT molecular complexity index is 407. The van der Waals surface area contributed by atoms with Crippen molar-refractivity contribution in [1.29, 1.82) is 0 Å². The van der Waals surface area contributed by atoms with Crippen molar-refractivity contribution in [1.82, 2.24) is 9.97 Å². The molecule has 1 aliphatic rings. The summed E-state index contributed by atoms with van der Waals surface area (Å²) in [6, 6.07) is 12.3. The highest BCUT2D eigenvalue weighted by Gasteiger charge is 2.34. The number of hydrogen-bond donors (Lipinski definition) is 0. The number of rotatable bonds is 2. The third kappa shape index (κ3) is 1.60. The second-order valence-corrected chi connectivity index (χ2v) is 4.30. The van der Waals surface area contributed by atoms with Crippen LogP contribution in [-0.4, -0.2) is 9.97 Å². The first-order valence-electron chi connectivity index (χ1n) is 5.77. The number of aromatic nitrogens is 2. The molecule has 2 aromatic heterocycles. The first kappa shape index (κ1) is 9.52. The Labute approximate surface area is 95.4 Å². The summed E-state index contributed by atoms with van der Waals surface area (Å²) in [5, 5.41) is 0. The Balaban J connectivity index is 1.85. The van der Waals surface area contributed by atoms with Gasteiger partial charge >= 0.3 is 0 Å². The molecule has 3 rings (SSSR count). The molecule has 2 heterocycles. The number of hydrogen-bond acceptors (Lipinski definition) is 2. The molecule has 0 N–H and O–H groups in total. The third-order valence-corrected chi connectivity index (χ3v) is 3.41. The van der Waals surface area contributed by atoms with Gasteiger partial charge in [0.1, 0.15) is 0 Å². The molecule has 0 aromatic carbocycles. The van der Waals surface area contributed by atoms with Gasteiger partial charge in [-0.05, 0) is 37.1 Å². The summed E-state index contributed by atoms with van der Waals surface area (Å²) in [5.41, 5.74) is 2.42. The molecule has 0 aliphatic heterocycles. The SMILES string of the molecule is c1ccc([C@@H]2CC[C@H]2c2ccccn2)nc1. The molecule has 0 radical (unpaired) electrons. The largest absolute Gasteiger partial charge is 0.261 e. The Hall–Kier alpha value is -1.70. The van der Waals surface area contributed by atoms with Gasteiger partial charge < -0.3 is 0 Å². The minimum Gasteiger partial charge on any atom is -0.261 e. The van der Waals surface area contributed by atoms with Crippen LogP contribution in [-0.2, 0) is 0 Å². The molecule has 2 heteroatoms. The van der Waals surface area contributed by atoms with E-state index < -0.39 is 0 Å². The monoisotopic (exact) mass is 210 g/mol. The second-order valence-electron chi connectivity index (χ2n) is 4.30. The van der Waals surface area contributed by atoms with Gasteiger partial charge in [-0.3, -0.25) is 9.97 Å². The van der Waals surface area contributed by atoms with E-state index in [9.17, 15) is 0 Å². The van der Waals surface area contributed by atoms with Crippen molar-refractivity contribution in [3.63, 3.8) is 0 Å². The average Bonchev–Trinajstić information content (AvgIpc) is 2.30. The van der Waals surface area contributed by atoms with E-state index in [-0.39, 0.29) is 0 Å². The van der Waals surface area contributed by atoms with Crippen molar-refractivity contribution in [2.45, 2.75) is 24.7 Å². The summed E-state index contributed by atoms with van der Waals surface area (Å²) in [5.74, 6) is 1.13. The molecular weight excluding hydrogens is 196 g/mol. The smallest absolute Gasteiger partial charge is 0.0441 e. The average molecular weight is 210 g/mol. The quantitative estimate of drug-likeness (QED) is 0.761. The van der Waals surface area contributed by atoms with Crippen LogP contribution in [0.15, 0.2) is 48.8 Å². The molecule has 80 valence electrons. The van der Waals surface area contributed by atoms with Crippen LogP contribution < -0.4 is 0 Å². The Morgan fingerprint density at radius 2 is 1.25 bits per heavy atom. The van der Waals surface area contributed by atoms with Crippen molar-refractivity contribution in [3.8, 4) is 0 Å². The van der Waals surface area contributed by atoms with Gasteiger partial charge in [0.05, 0.1) is 0 Å². The summed E-state index contributed by atoms with van der Waals surface area (Å²) >= 11 is 0. The normalized spacial score (nSPS) is 23.8. The third-order valence-electron chi connectivity index (χ3n) is 3.41. The van der Waals surface area contributed by atoms with Gasteiger partial charge in [0.25, 0.3) is 0 Å². The predicted octanol–water partition coefficient (Wildman–Crippen LogP) is 3.14. The Morgan fingerprint density at radius 1 is 0.750 bits per heavy atom. The van der Waals surface area contributed by atoms with Gasteiger partial charge in [-0.15, -0.1) is 0 Å². The second kappa shape index (κ2) is 4.05. The molecule has 0 amide bonds. The first-order valence-corrected chi connectivity index (χ1v) is 5.77. The molecule has 0 bridgehead atoms. The van der Waals surface area contributed by atoms with E-state index in [1.54, 1.807) is 0 Å². The zero-order chi connectivity index (χ0) is 10.8. The molecule has 2 nitrogen and oxygen atoms in total. The van der Waals surface area contributed by atoms with Gasteiger partial charge in [-0.2, -0.15) is 0 Å². The van der Waals surface area contributed by atoms with E-state index >= 15 is 0 Å². The Kier molecular flexibility index (Phi) is 2.41. The van der Waals surface area contributed by atoms with Crippen LogP contribution in [0.5, 0.6) is 0 Å². The van der Waals surface area contributed by atoms with E-state index in [4.69, 9.17) is 0 Å². The number of pyridine rings is 2. The van der Waals surface area contributed by atoms with Gasteiger partial charge in [0.2, 0.25) is 0 Å². The maximum absolute atomic E-state index is 4.45. The lowest BCUT2D eigenvalue weighted by Crippen LogP contribution is -2.23. The molecule has 2 atom stereocenters. The van der Waals surface area contributed by atoms with Gasteiger partial charge in [0, 0.05) is 35.6 Å². The minimum atomic E-state index is 0.566. The lowest BCUT2D eigenvalue weighted by Gasteiger charge is -2.35. The van der Waals surface area contributed by atoms with E-state index in [1.807, 2.05) is 24.5 Å². The van der Waals surface area contributed by atoms with E-state index in [0.717, 1.165) is 0 Å². The molecule has 2 aromatic rings. The summed E-state index contributed by atoms with van der Waals surface area (Å²) in [6.45, 7) is 0. The molecule has 0 unspecified atom stereocenters. The van der Waals surface area contributed by atoms with E-state index in [0.29, 0.717) is 11.8 Å². The highest BCUT2D eigenvalue weighted by molar-refractivity contribution is 5.24. The first-order chi connectivity index (χ1) is 7.95. The van der Waals surface area contributed by atoms with Crippen molar-refractivity contribution < 1.29 is 0 Å². The Morgan fingerprint density at radius 3 is 1.56 bits per heavy atom. The summed E-state index contributed by atoms with van der Waals surface area (Å²) in [4.78, 5) is 8.90. The zero-order valence-corrected chi connectivity index (χ0v) is 9.08. The fourth-order valence-corrected chi connectivity index (χ4v) is 2.40. The van der Waals surface area contributed by atoms with Crippen LogP contribution in [0, 0.1) is 0 Å². The summed E-state index contributed by atoms with van der Waals surface area (Å²) in [6.07, 6.45) is 6.22. The highest BCUT2D eigenvalue weighted by atomic mass is 14.7. The fourth-order valence-electron chi connectivity index (χ4n) is 2.40. The topological polar surface area (TPSA) is 25.8 Å². The molecule has 0 saturated heterocycles. The lowest BCUT2D eigenvalue weighted by atomic mass is 9.70. The maximum Gasteiger partial charge on any atom is 0.0441 e. The molecule has 0 spiro atoms. The lowest BCUT2D eigenvalue weighted by molar-refractivity contribution is 0.333. The van der Waals surface area contributed by atoms with Gasteiger partial charge in [-0.1, -0.05) is 12.1 Å². The standard InChI is InChI=1S/C14H14N2/c1-3-9-15-13(5-1)11-7-8-12(11)14-6-2-4-10-16-14/h1-6,9-12H,7-8H2/t11-,12-/m1/s1. The van der Waals surface area contributed by atoms with Crippen molar-refractivity contribution in [2.24, 2.45) is 0 Å². The van der Waals surface area contributed by atoms with E-state index in [2.05, 4.69) is 34.2 Å². The highest BCUT2D eigenvalue weighted by Crippen LogP contribution is 2.47. The maximum atomic E-state index is 4.45. The molecule has 16 heavy (non-hydrogen) atoms. The molecule has 1 saturated carbocycles. The van der Waals surface area contributed by atoms with Crippen LogP contribution in [0.4, 0.5) is 0 Å². The van der Waals surface area contributed by atoms with Crippen LogP contribution >= 0.6 is 0 Å². The fraction of sp³-hybridized carbons (Fsp3) is 0.286. The van der Waals surface area contributed by atoms with Crippen molar-refractivity contribution in [3.05, 3.63) is 60.2 Å². The zero-order valence-electron chi connectivity index (χ0n) is 9.08. The molecular formula is C14H14N2. The molecule has 1 aliphatic carbocycles. The van der Waals surface area contributed by atoms with Gasteiger partial charge in [-0.25, -0.2) is 0 Å². The van der Waals surface area contributed by atoms with Crippen LogP contribution in [0.25, 0.3) is 0 Å². The van der Waals surface area contributed by atoms with Crippen LogP contribution in [0.2, 0.25) is 0 Å². The van der Waals surface area contributed by atoms with E-state index in [1.165, 1.54) is 24.2 Å². The van der Waals surface area contributed by atoms with Crippen LogP contribution in [0.3, 0.4) is 0 Å². The summed E-state index contributed by atoms with van der Waals surface area (Å²) < 4.78 is 0. The van der Waals surface area contributed by atoms with Gasteiger partial charge in [0.15, 0.2) is 0 Å². The summed E-state index contributed by atoms with van der Waals surface area (Å²) in [7, 11) is 0. The van der Waals surface area contributed by atoms with Crippen molar-refractivity contribution >= 4 is 0 Å². The van der Waals surface area contributed by atoms with Crippen molar-refractivity contribution in [2.75, 3.05) is 0 Å². The van der Waals surface area contributed by atoms with Crippen LogP contribution in [0.1, 0.15) is 36.1 Å². The predicted molar refractivity (Wildman–Crippen MR) is 63.2 cm³/mol. The minimum absolute atomic E-state index is 0.566. The molecule has 1 fully saturated rings. The number of nitrogens with zero attached hydrogens (tertiary/aromatic N) is 2.